The monoisotopic (exact) mass is 115 g/mol. The Bertz CT molecular complexity index is 34.4. The predicted molar refractivity (Wildman–Crippen MR) is 42.6 cm³/mol. The van der Waals surface area contributed by atoms with Crippen molar-refractivity contribution >= 4 is 28.5 Å². The van der Waals surface area contributed by atoms with Gasteiger partial charge >= 0.3 is 0 Å². The lowest BCUT2D eigenvalue weighted by Crippen LogP contribution is -2.18. The van der Waals surface area contributed by atoms with Gasteiger partial charge in [0.1, 0.15) is 15.7 Å². The molecule has 4 heteroatoms. The van der Waals surface area contributed by atoms with Crippen LogP contribution in [0.5, 0.6) is 0 Å². The van der Waals surface area contributed by atoms with Crippen LogP contribution in [0.4, 0.5) is 0 Å². The molecule has 0 aliphatic carbocycles. The minimum absolute atomic E-state index is 0.600. The van der Waals surface area contributed by atoms with Crippen molar-refractivity contribution < 1.29 is 0 Å². The maximum atomic E-state index is 3.93. The Hall–Kier alpha value is 0.440. The first-order valence-corrected chi connectivity index (χ1v) is 3.19. The lowest BCUT2D eigenvalue weighted by atomic mass is 9.88. The van der Waals surface area contributed by atoms with Crippen LogP contribution in [0.25, 0.3) is 0 Å². The third kappa shape index (κ3) is 3.06. The highest BCUT2D eigenvalue weighted by molar-refractivity contribution is 7.78. The molecule has 0 spiro atoms. The highest BCUT2D eigenvalue weighted by Gasteiger charge is 1.95. The van der Waals surface area contributed by atoms with E-state index in [4.69, 9.17) is 0 Å². The molecular weight excluding hydrogens is 104 g/mol. The van der Waals surface area contributed by atoms with E-state index in [1.807, 2.05) is 0 Å². The summed E-state index contributed by atoms with van der Waals surface area (Å²) >= 11 is 3.93. The molecule has 0 aromatic carbocycles. The fraction of sp³-hybridized carbons (Fsp3) is 1.00. The van der Waals surface area contributed by atoms with E-state index in [1.54, 1.807) is 0 Å². The Kier molecular flexibility index (Phi) is 4.88. The van der Waals surface area contributed by atoms with E-state index in [9.17, 15) is 0 Å². The normalized spacial score (nSPS) is 10.0. The van der Waals surface area contributed by atoms with Crippen LogP contribution in [0.2, 0.25) is 12.6 Å². The summed E-state index contributed by atoms with van der Waals surface area (Å²) in [5, 5.41) is 0. The van der Waals surface area contributed by atoms with Gasteiger partial charge in [-0.25, -0.2) is 0 Å². The van der Waals surface area contributed by atoms with Crippen LogP contribution in [-0.4, -0.2) is 21.7 Å². The molecule has 1 N–H and O–H groups in total. The van der Waals surface area contributed by atoms with Crippen LogP contribution in [-0.2, 0) is 0 Å². The third-order valence-electron chi connectivity index (χ3n) is 1.17. The molecule has 0 aliphatic rings. The van der Waals surface area contributed by atoms with E-state index >= 15 is 0 Å². The maximum absolute atomic E-state index is 3.93. The van der Waals surface area contributed by atoms with Gasteiger partial charge in [-0.2, -0.15) is 0 Å². The molecule has 0 rings (SSSR count). The molecule has 0 fully saturated rings. The van der Waals surface area contributed by atoms with Crippen LogP contribution < -0.4 is 4.72 Å². The van der Waals surface area contributed by atoms with Gasteiger partial charge in [0.15, 0.2) is 0 Å². The zero-order chi connectivity index (χ0) is 5.70. The molecule has 0 radical (unpaired) electrons. The van der Waals surface area contributed by atoms with Crippen LogP contribution >= 0.6 is 12.8 Å². The molecule has 1 nitrogen and oxygen atoms in total. The van der Waals surface area contributed by atoms with Crippen molar-refractivity contribution in [2.45, 2.75) is 18.7 Å². The zero-order valence-electron chi connectivity index (χ0n) is 4.94. The minimum Gasteiger partial charge on any atom is -0.265 e. The molecular formula is C3H11B2NS. The molecule has 0 bridgehead atoms. The van der Waals surface area contributed by atoms with E-state index in [0.717, 1.165) is 0 Å². The third-order valence-corrected chi connectivity index (χ3v) is 1.53. The number of hydrogen-bond donors (Lipinski definition) is 2. The highest BCUT2D eigenvalue weighted by atomic mass is 32.1. The van der Waals surface area contributed by atoms with Gasteiger partial charge in [-0.15, -0.1) is 0 Å². The largest absolute Gasteiger partial charge is 0.265 e. The molecule has 0 unspecified atom stereocenters. The fourth-order valence-electron chi connectivity index (χ4n) is 0.471. The van der Waals surface area contributed by atoms with Crippen LogP contribution in [0.1, 0.15) is 0 Å². The van der Waals surface area contributed by atoms with Gasteiger partial charge in [-0.1, -0.05) is 25.5 Å². The van der Waals surface area contributed by atoms with Gasteiger partial charge in [-0.05, 0) is 0 Å². The summed E-state index contributed by atoms with van der Waals surface area (Å²) < 4.78 is 2.90. The van der Waals surface area contributed by atoms with Gasteiger partial charge in [0.25, 0.3) is 0 Å². The van der Waals surface area contributed by atoms with Crippen LogP contribution in [0.3, 0.4) is 0 Å². The van der Waals surface area contributed by atoms with Gasteiger partial charge < -0.3 is 0 Å². The second kappa shape index (κ2) is 4.60. The first kappa shape index (κ1) is 7.44. The smallest absolute Gasteiger partial charge is 0.103 e. The average molecular weight is 115 g/mol. The summed E-state index contributed by atoms with van der Waals surface area (Å²) in [4.78, 5) is 0. The van der Waals surface area contributed by atoms with E-state index in [0.29, 0.717) is 6.04 Å². The lowest BCUT2D eigenvalue weighted by Gasteiger charge is -2.07. The summed E-state index contributed by atoms with van der Waals surface area (Å²) in [5.41, 5.74) is 0. The minimum atomic E-state index is 0.600. The van der Waals surface area contributed by atoms with Crippen molar-refractivity contribution in [2.75, 3.05) is 0 Å². The van der Waals surface area contributed by atoms with Crippen molar-refractivity contribution in [1.29, 1.82) is 0 Å². The van der Waals surface area contributed by atoms with Crippen molar-refractivity contribution in [3.8, 4) is 0 Å². The predicted octanol–water partition coefficient (Wildman–Crippen LogP) is -1.11. The van der Waals surface area contributed by atoms with E-state index in [2.05, 4.69) is 33.2 Å². The lowest BCUT2D eigenvalue weighted by molar-refractivity contribution is 0.773. The molecule has 0 aliphatic heterocycles. The van der Waals surface area contributed by atoms with Gasteiger partial charge in [0.05, 0.1) is 0 Å². The van der Waals surface area contributed by atoms with E-state index in [-0.39, 0.29) is 0 Å². The molecule has 0 saturated heterocycles. The molecule has 0 aromatic rings. The first-order chi connectivity index (χ1) is 3.35. The van der Waals surface area contributed by atoms with Crippen molar-refractivity contribution in [3.05, 3.63) is 0 Å². The summed E-state index contributed by atoms with van der Waals surface area (Å²) in [6.07, 6.45) is 2.33. The Morgan fingerprint density at radius 2 is 1.86 bits per heavy atom. The van der Waals surface area contributed by atoms with Gasteiger partial charge in [0.2, 0.25) is 0 Å². The maximum Gasteiger partial charge on any atom is 0.103 e. The summed E-state index contributed by atoms with van der Waals surface area (Å²) in [6.45, 7) is 0. The van der Waals surface area contributed by atoms with Gasteiger partial charge in [-0.3, -0.25) is 4.72 Å². The summed E-state index contributed by atoms with van der Waals surface area (Å²) in [6, 6.07) is 0.600. The summed E-state index contributed by atoms with van der Waals surface area (Å²) in [5.74, 6) is 0. The quantitative estimate of drug-likeness (QED) is 0.351. The molecule has 0 atom stereocenters. The average Bonchev–Trinajstić information content (AvgIpc) is 1.72. The summed E-state index contributed by atoms with van der Waals surface area (Å²) in [7, 11) is 4.30. The number of nitrogens with one attached hydrogen (secondary N) is 1. The molecule has 0 aromatic heterocycles. The second-order valence-corrected chi connectivity index (χ2v) is 1.90. The van der Waals surface area contributed by atoms with E-state index < -0.39 is 0 Å². The first-order valence-electron chi connectivity index (χ1n) is 2.74. The SMILES string of the molecule is BCC(CB)NS. The van der Waals surface area contributed by atoms with Crippen molar-refractivity contribution in [3.63, 3.8) is 0 Å². The Balaban J connectivity index is 2.99. The number of rotatable bonds is 3. The standard InChI is InChI=1S/C3H11B2NS/c4-1-3(2-5)6-7/h3,6-7H,1-2,4-5H2. The van der Waals surface area contributed by atoms with Crippen LogP contribution in [0.15, 0.2) is 0 Å². The Morgan fingerprint density at radius 3 is 1.86 bits per heavy atom. The highest BCUT2D eigenvalue weighted by Crippen LogP contribution is 1.92. The molecule has 7 heavy (non-hydrogen) atoms. The Morgan fingerprint density at radius 1 is 1.43 bits per heavy atom. The number of hydrogen-bond acceptors (Lipinski definition) is 2. The molecule has 0 heterocycles. The van der Waals surface area contributed by atoms with Crippen LogP contribution in [0, 0.1) is 0 Å². The van der Waals surface area contributed by atoms with E-state index in [1.165, 1.54) is 12.6 Å². The van der Waals surface area contributed by atoms with Crippen molar-refractivity contribution in [1.82, 2.24) is 4.72 Å². The Labute approximate surface area is 52.6 Å². The molecule has 0 amide bonds. The number of thiol groups is 1. The van der Waals surface area contributed by atoms with Crippen molar-refractivity contribution in [2.24, 2.45) is 0 Å². The molecule has 40 valence electrons. The topological polar surface area (TPSA) is 12.0 Å². The van der Waals surface area contributed by atoms with Gasteiger partial charge in [0, 0.05) is 6.04 Å². The zero-order valence-corrected chi connectivity index (χ0v) is 5.83. The fourth-order valence-corrected chi connectivity index (χ4v) is 0.836. The second-order valence-electron chi connectivity index (χ2n) is 1.64. The molecule has 0 saturated carbocycles.